The summed E-state index contributed by atoms with van der Waals surface area (Å²) in [4.78, 5) is 28.6. The minimum absolute atomic E-state index is 0.0109. The number of aromatic nitrogens is 1. The van der Waals surface area contributed by atoms with E-state index in [4.69, 9.17) is 4.74 Å². The van der Waals surface area contributed by atoms with Crippen LogP contribution < -0.4 is 5.32 Å². The molecule has 0 aliphatic carbocycles. The van der Waals surface area contributed by atoms with E-state index in [0.29, 0.717) is 5.39 Å². The molecule has 10 heteroatoms. The number of rotatable bonds is 2. The number of carbonyl (C=O) groups excluding carboxylic acids is 2. The van der Waals surface area contributed by atoms with E-state index in [9.17, 15) is 23.5 Å². The number of aliphatic hydroxyl groups excluding tert-OH is 1. The van der Waals surface area contributed by atoms with Gasteiger partial charge in [-0.3, -0.25) is 4.79 Å². The van der Waals surface area contributed by atoms with Crippen molar-refractivity contribution in [1.82, 2.24) is 15.2 Å². The maximum Gasteiger partial charge on any atom is 0.408 e. The highest BCUT2D eigenvalue weighted by atomic mass is 127. The number of hydrogen-bond donors (Lipinski definition) is 3. The SMILES string of the molecule is CC(C)(C)OC(=O)N[C@H]1CN(C(=O)c2cc3cc(I)c(F)c(F)c3[nH]2)C[C@@H]1O. The maximum absolute atomic E-state index is 14.1. The Morgan fingerprint density at radius 2 is 1.96 bits per heavy atom. The summed E-state index contributed by atoms with van der Waals surface area (Å²) >= 11 is 1.68. The molecule has 2 atom stereocenters. The zero-order chi connectivity index (χ0) is 20.8. The second-order valence-corrected chi connectivity index (χ2v) is 8.83. The summed E-state index contributed by atoms with van der Waals surface area (Å²) in [6.45, 7) is 5.19. The number of H-pyrrole nitrogens is 1. The molecule has 0 spiro atoms. The Bertz CT molecular complexity index is 941. The summed E-state index contributed by atoms with van der Waals surface area (Å²) in [5.41, 5.74) is -0.713. The van der Waals surface area contributed by atoms with Crippen LogP contribution in [0.5, 0.6) is 0 Å². The molecule has 0 saturated carbocycles. The van der Waals surface area contributed by atoms with Crippen LogP contribution in [0.15, 0.2) is 12.1 Å². The predicted octanol–water partition coefficient (Wildman–Crippen LogP) is 2.76. The number of likely N-dealkylation sites (tertiary alicyclic amines) is 1. The number of nitrogens with one attached hydrogen (secondary N) is 2. The Balaban J connectivity index is 1.74. The van der Waals surface area contributed by atoms with E-state index in [2.05, 4.69) is 10.3 Å². The number of ether oxygens (including phenoxy) is 1. The molecule has 1 aliphatic rings. The van der Waals surface area contributed by atoms with E-state index in [-0.39, 0.29) is 27.9 Å². The molecule has 152 valence electrons. The first kappa shape index (κ1) is 20.8. The third kappa shape index (κ3) is 4.22. The number of β-amino-alcohol motifs (C(OH)–C–C–N with tert-alkyl or cyclic N) is 1. The smallest absolute Gasteiger partial charge is 0.408 e. The molecule has 2 aromatic rings. The van der Waals surface area contributed by atoms with Gasteiger partial charge in [-0.15, -0.1) is 0 Å². The summed E-state index contributed by atoms with van der Waals surface area (Å²) in [5, 5.41) is 13.1. The molecule has 2 amide bonds. The number of halogens is 3. The number of nitrogens with zero attached hydrogens (tertiary/aromatic N) is 1. The van der Waals surface area contributed by atoms with Gasteiger partial charge in [0.25, 0.3) is 5.91 Å². The third-order valence-corrected chi connectivity index (χ3v) is 5.05. The predicted molar refractivity (Wildman–Crippen MR) is 106 cm³/mol. The van der Waals surface area contributed by atoms with Crippen molar-refractivity contribution in [2.75, 3.05) is 13.1 Å². The lowest BCUT2D eigenvalue weighted by atomic mass is 10.2. The molecule has 1 aromatic carbocycles. The van der Waals surface area contributed by atoms with E-state index < -0.39 is 41.4 Å². The molecular formula is C18H20F2IN3O4. The first-order chi connectivity index (χ1) is 13.0. The van der Waals surface area contributed by atoms with Crippen LogP contribution in [0.4, 0.5) is 13.6 Å². The monoisotopic (exact) mass is 507 g/mol. The fourth-order valence-electron chi connectivity index (χ4n) is 3.02. The minimum Gasteiger partial charge on any atom is -0.444 e. The molecular weight excluding hydrogens is 487 g/mol. The summed E-state index contributed by atoms with van der Waals surface area (Å²) in [6.07, 6.45) is -1.67. The van der Waals surface area contributed by atoms with Gasteiger partial charge in [0.15, 0.2) is 11.6 Å². The molecule has 7 nitrogen and oxygen atoms in total. The van der Waals surface area contributed by atoms with E-state index in [1.54, 1.807) is 43.4 Å². The van der Waals surface area contributed by atoms with Crippen molar-refractivity contribution >= 4 is 45.5 Å². The van der Waals surface area contributed by atoms with Crippen LogP contribution in [0.25, 0.3) is 10.9 Å². The van der Waals surface area contributed by atoms with Crippen molar-refractivity contribution in [2.24, 2.45) is 0 Å². The summed E-state index contributed by atoms with van der Waals surface area (Å²) in [6, 6.07) is 2.18. The van der Waals surface area contributed by atoms with Crippen LogP contribution >= 0.6 is 22.6 Å². The number of aliphatic hydroxyl groups is 1. The molecule has 0 bridgehead atoms. The van der Waals surface area contributed by atoms with Crippen molar-refractivity contribution in [2.45, 2.75) is 38.5 Å². The molecule has 1 fully saturated rings. The summed E-state index contributed by atoms with van der Waals surface area (Å²) in [5.74, 6) is -2.52. The highest BCUT2D eigenvalue weighted by Crippen LogP contribution is 2.26. The standard InChI is InChI=1S/C18H20F2IN3O4/c1-18(2,3)28-17(27)23-11-6-24(7-12(11)25)16(26)10-5-8-4-9(21)13(19)14(20)15(8)22-10/h4-5,11-12,22,25H,6-7H2,1-3H3,(H,23,27)/t11-,12-/m0/s1. The second kappa shape index (κ2) is 7.47. The van der Waals surface area contributed by atoms with E-state index in [1.807, 2.05) is 0 Å². The Kier molecular flexibility index (Phi) is 5.54. The van der Waals surface area contributed by atoms with E-state index in [0.717, 1.165) is 0 Å². The van der Waals surface area contributed by atoms with Gasteiger partial charge in [0.1, 0.15) is 11.3 Å². The van der Waals surface area contributed by atoms with Crippen LogP contribution in [-0.4, -0.2) is 57.8 Å². The minimum atomic E-state index is -1.05. The van der Waals surface area contributed by atoms with Crippen LogP contribution in [0.1, 0.15) is 31.3 Å². The van der Waals surface area contributed by atoms with Crippen LogP contribution in [0.2, 0.25) is 0 Å². The highest BCUT2D eigenvalue weighted by molar-refractivity contribution is 14.1. The average Bonchev–Trinajstić information content (AvgIpc) is 3.14. The van der Waals surface area contributed by atoms with Gasteiger partial charge in [-0.25, -0.2) is 13.6 Å². The highest BCUT2D eigenvalue weighted by Gasteiger charge is 2.36. The Morgan fingerprint density at radius 1 is 1.29 bits per heavy atom. The summed E-state index contributed by atoms with van der Waals surface area (Å²) in [7, 11) is 0. The fraction of sp³-hybridized carbons (Fsp3) is 0.444. The Labute approximate surface area is 173 Å². The quantitative estimate of drug-likeness (QED) is 0.431. The maximum atomic E-state index is 14.1. The van der Waals surface area contributed by atoms with Crippen molar-refractivity contribution in [3.8, 4) is 0 Å². The zero-order valence-electron chi connectivity index (χ0n) is 15.5. The van der Waals surface area contributed by atoms with Gasteiger partial charge in [-0.05, 0) is 55.5 Å². The van der Waals surface area contributed by atoms with Gasteiger partial charge >= 0.3 is 6.09 Å². The van der Waals surface area contributed by atoms with Gasteiger partial charge in [0, 0.05) is 18.5 Å². The molecule has 0 radical (unpaired) electrons. The van der Waals surface area contributed by atoms with Crippen molar-refractivity contribution in [3.63, 3.8) is 0 Å². The number of amides is 2. The number of hydrogen-bond acceptors (Lipinski definition) is 4. The summed E-state index contributed by atoms with van der Waals surface area (Å²) < 4.78 is 33.1. The van der Waals surface area contributed by atoms with E-state index >= 15 is 0 Å². The Hall–Kier alpha value is -1.95. The molecule has 1 aliphatic heterocycles. The number of fused-ring (bicyclic) bond motifs is 1. The average molecular weight is 507 g/mol. The molecule has 2 heterocycles. The largest absolute Gasteiger partial charge is 0.444 e. The molecule has 3 rings (SSSR count). The molecule has 1 aromatic heterocycles. The van der Waals surface area contributed by atoms with Crippen molar-refractivity contribution < 1.29 is 28.2 Å². The fourth-order valence-corrected chi connectivity index (χ4v) is 3.59. The number of carbonyl (C=O) groups is 2. The van der Waals surface area contributed by atoms with Crippen LogP contribution in [-0.2, 0) is 4.74 Å². The Morgan fingerprint density at radius 3 is 2.61 bits per heavy atom. The molecule has 1 saturated heterocycles. The lowest BCUT2D eigenvalue weighted by Crippen LogP contribution is -2.45. The van der Waals surface area contributed by atoms with Gasteiger partial charge in [0.2, 0.25) is 0 Å². The number of aromatic amines is 1. The van der Waals surface area contributed by atoms with Crippen molar-refractivity contribution in [1.29, 1.82) is 0 Å². The second-order valence-electron chi connectivity index (χ2n) is 7.66. The normalized spacial score (nSPS) is 19.9. The molecule has 0 unspecified atom stereocenters. The molecule has 28 heavy (non-hydrogen) atoms. The lowest BCUT2D eigenvalue weighted by Gasteiger charge is -2.22. The first-order valence-corrected chi connectivity index (χ1v) is 9.67. The lowest BCUT2D eigenvalue weighted by molar-refractivity contribution is 0.0461. The number of benzene rings is 1. The molecule has 3 N–H and O–H groups in total. The zero-order valence-corrected chi connectivity index (χ0v) is 17.6. The van der Waals surface area contributed by atoms with Gasteiger partial charge in [-0.2, -0.15) is 0 Å². The van der Waals surface area contributed by atoms with Gasteiger partial charge < -0.3 is 25.0 Å². The van der Waals surface area contributed by atoms with Gasteiger partial charge in [0.05, 0.1) is 21.2 Å². The van der Waals surface area contributed by atoms with Gasteiger partial charge in [-0.1, -0.05) is 0 Å². The van der Waals surface area contributed by atoms with Crippen molar-refractivity contribution in [3.05, 3.63) is 33.0 Å². The van der Waals surface area contributed by atoms with Crippen LogP contribution in [0.3, 0.4) is 0 Å². The number of alkyl carbamates (subject to hydrolysis) is 1. The van der Waals surface area contributed by atoms with Crippen LogP contribution in [0, 0.1) is 15.2 Å². The third-order valence-electron chi connectivity index (χ3n) is 4.26. The topological polar surface area (TPSA) is 94.7 Å². The van der Waals surface area contributed by atoms with E-state index in [1.165, 1.54) is 17.0 Å². The first-order valence-electron chi connectivity index (χ1n) is 8.59.